The Morgan fingerprint density at radius 1 is 1.06 bits per heavy atom. The van der Waals surface area contributed by atoms with E-state index in [1.165, 1.54) is 0 Å². The van der Waals surface area contributed by atoms with Gasteiger partial charge in [-0.25, -0.2) is 0 Å². The summed E-state index contributed by atoms with van der Waals surface area (Å²) in [7, 11) is 0. The molecule has 0 aromatic carbocycles. The molecule has 0 fully saturated rings. The molecule has 8 heteroatoms. The third-order valence-corrected chi connectivity index (χ3v) is 1.84. The number of carbonyl (C=O) groups excluding carboxylic acids is 1. The Labute approximate surface area is 87.6 Å². The number of alkyl halides is 6. The van der Waals surface area contributed by atoms with E-state index in [2.05, 4.69) is 4.74 Å². The first kappa shape index (κ1) is 15.0. The van der Waals surface area contributed by atoms with Crippen molar-refractivity contribution in [3.63, 3.8) is 0 Å². The number of hydrogen-bond donors (Lipinski definition) is 0. The summed E-state index contributed by atoms with van der Waals surface area (Å²) < 4.78 is 78.0. The van der Waals surface area contributed by atoms with Crippen molar-refractivity contribution in [1.82, 2.24) is 0 Å². The highest BCUT2D eigenvalue weighted by atomic mass is 19.4. The van der Waals surface area contributed by atoms with Crippen molar-refractivity contribution in [2.24, 2.45) is 0 Å². The van der Waals surface area contributed by atoms with E-state index in [0.717, 1.165) is 6.92 Å². The van der Waals surface area contributed by atoms with Gasteiger partial charge in [0.2, 0.25) is 0 Å². The third kappa shape index (κ3) is 2.79. The normalized spacial score (nSPS) is 13.8. The SMILES string of the molecule is CCCC(OC(C)=O)(C(F)(F)F)C(F)(F)F. The van der Waals surface area contributed by atoms with E-state index < -0.39 is 36.8 Å². The molecule has 2 nitrogen and oxygen atoms in total. The van der Waals surface area contributed by atoms with Crippen LogP contribution in [0.1, 0.15) is 26.7 Å². The molecule has 0 aliphatic carbocycles. The first-order valence-electron chi connectivity index (χ1n) is 4.31. The van der Waals surface area contributed by atoms with E-state index in [1.807, 2.05) is 0 Å². The monoisotopic (exact) mass is 252 g/mol. The molecule has 0 saturated carbocycles. The second kappa shape index (κ2) is 4.50. The van der Waals surface area contributed by atoms with Crippen LogP contribution in [0.25, 0.3) is 0 Å². The zero-order chi connectivity index (χ0) is 13.2. The van der Waals surface area contributed by atoms with Gasteiger partial charge < -0.3 is 4.74 Å². The number of halogens is 6. The Bertz CT molecular complexity index is 240. The number of rotatable bonds is 3. The van der Waals surface area contributed by atoms with Gasteiger partial charge in [-0.3, -0.25) is 4.79 Å². The van der Waals surface area contributed by atoms with Crippen LogP contribution in [0.3, 0.4) is 0 Å². The van der Waals surface area contributed by atoms with Gasteiger partial charge in [-0.2, -0.15) is 26.3 Å². The van der Waals surface area contributed by atoms with Crippen LogP contribution < -0.4 is 0 Å². The first-order chi connectivity index (χ1) is 6.98. The summed E-state index contributed by atoms with van der Waals surface area (Å²) >= 11 is 0. The molecule has 0 rings (SSSR count). The van der Waals surface area contributed by atoms with Crippen molar-refractivity contribution in [3.05, 3.63) is 0 Å². The van der Waals surface area contributed by atoms with Crippen molar-refractivity contribution in [3.8, 4) is 0 Å². The van der Waals surface area contributed by atoms with Crippen molar-refractivity contribution in [2.45, 2.75) is 44.6 Å². The minimum absolute atomic E-state index is 0.424. The Hall–Kier alpha value is -0.950. The Morgan fingerprint density at radius 2 is 1.44 bits per heavy atom. The standard InChI is InChI=1S/C8H10F6O2/c1-3-4-6(7(9,10)11,8(12,13)14)16-5(2)15/h3-4H2,1-2H3. The molecule has 0 aromatic heterocycles. The minimum Gasteiger partial charge on any atom is -0.440 e. The van der Waals surface area contributed by atoms with Crippen LogP contribution in [0.2, 0.25) is 0 Å². The Kier molecular flexibility index (Phi) is 4.24. The molecular weight excluding hydrogens is 242 g/mol. The van der Waals surface area contributed by atoms with Gasteiger partial charge in [0, 0.05) is 13.3 Å². The smallest absolute Gasteiger partial charge is 0.437 e. The van der Waals surface area contributed by atoms with Gasteiger partial charge >= 0.3 is 23.9 Å². The van der Waals surface area contributed by atoms with Gasteiger partial charge in [0.1, 0.15) is 0 Å². The topological polar surface area (TPSA) is 26.3 Å². The maximum absolute atomic E-state index is 12.4. The quantitative estimate of drug-likeness (QED) is 0.569. The second-order valence-electron chi connectivity index (χ2n) is 3.17. The van der Waals surface area contributed by atoms with Gasteiger partial charge in [-0.15, -0.1) is 0 Å². The molecule has 0 amide bonds. The van der Waals surface area contributed by atoms with E-state index in [0.29, 0.717) is 6.92 Å². The zero-order valence-electron chi connectivity index (χ0n) is 8.50. The van der Waals surface area contributed by atoms with Crippen LogP contribution in [-0.2, 0) is 9.53 Å². The molecule has 0 bridgehead atoms. The second-order valence-corrected chi connectivity index (χ2v) is 3.17. The molecule has 0 heterocycles. The van der Waals surface area contributed by atoms with E-state index in [9.17, 15) is 31.1 Å². The first-order valence-corrected chi connectivity index (χ1v) is 4.31. The number of ether oxygens (including phenoxy) is 1. The molecule has 0 atom stereocenters. The molecule has 0 N–H and O–H groups in total. The average Bonchev–Trinajstić information content (AvgIpc) is 1.98. The van der Waals surface area contributed by atoms with Crippen molar-refractivity contribution in [2.75, 3.05) is 0 Å². The summed E-state index contributed by atoms with van der Waals surface area (Å²) in [4.78, 5) is 10.4. The highest BCUT2D eigenvalue weighted by molar-refractivity contribution is 5.66. The molecule has 0 aliphatic rings. The summed E-state index contributed by atoms with van der Waals surface area (Å²) in [6, 6.07) is 0. The molecule has 0 unspecified atom stereocenters. The fourth-order valence-electron chi connectivity index (χ4n) is 1.21. The van der Waals surface area contributed by atoms with E-state index in [4.69, 9.17) is 0 Å². The Balaban J connectivity index is 5.49. The van der Waals surface area contributed by atoms with Gasteiger partial charge in [-0.1, -0.05) is 13.3 Å². The predicted molar refractivity (Wildman–Crippen MR) is 41.5 cm³/mol. The molecule has 0 radical (unpaired) electrons. The van der Waals surface area contributed by atoms with Crippen molar-refractivity contribution in [1.29, 1.82) is 0 Å². The lowest BCUT2D eigenvalue weighted by atomic mass is 9.96. The lowest BCUT2D eigenvalue weighted by Crippen LogP contribution is -2.59. The number of hydrogen-bond acceptors (Lipinski definition) is 2. The van der Waals surface area contributed by atoms with Gasteiger partial charge in [0.25, 0.3) is 0 Å². The van der Waals surface area contributed by atoms with Crippen LogP contribution in [-0.4, -0.2) is 23.9 Å². The zero-order valence-corrected chi connectivity index (χ0v) is 8.50. The molecule has 0 saturated heterocycles. The van der Waals surface area contributed by atoms with Crippen molar-refractivity contribution < 1.29 is 35.9 Å². The fourth-order valence-corrected chi connectivity index (χ4v) is 1.21. The fraction of sp³-hybridized carbons (Fsp3) is 0.875. The largest absolute Gasteiger partial charge is 0.440 e. The minimum atomic E-state index is -5.69. The van der Waals surface area contributed by atoms with E-state index in [1.54, 1.807) is 0 Å². The molecule has 16 heavy (non-hydrogen) atoms. The highest BCUT2D eigenvalue weighted by Crippen LogP contribution is 2.48. The highest BCUT2D eigenvalue weighted by Gasteiger charge is 2.73. The lowest BCUT2D eigenvalue weighted by Gasteiger charge is -2.36. The summed E-state index contributed by atoms with van der Waals surface area (Å²) in [6.45, 7) is 1.64. The van der Waals surface area contributed by atoms with Crippen LogP contribution in [0.4, 0.5) is 26.3 Å². The maximum Gasteiger partial charge on any atom is 0.437 e. The third-order valence-electron chi connectivity index (χ3n) is 1.84. The van der Waals surface area contributed by atoms with Gasteiger partial charge in [0.15, 0.2) is 0 Å². The summed E-state index contributed by atoms with van der Waals surface area (Å²) in [5.74, 6) is -1.62. The summed E-state index contributed by atoms with van der Waals surface area (Å²) in [6.07, 6.45) is -13.1. The van der Waals surface area contributed by atoms with Crippen molar-refractivity contribution >= 4 is 5.97 Å². The average molecular weight is 252 g/mol. The van der Waals surface area contributed by atoms with Gasteiger partial charge in [0.05, 0.1) is 0 Å². The molecule has 0 aliphatic heterocycles. The van der Waals surface area contributed by atoms with Crippen LogP contribution in [0, 0.1) is 0 Å². The molecule has 96 valence electrons. The molecule has 0 aromatic rings. The molecule has 0 spiro atoms. The van der Waals surface area contributed by atoms with E-state index in [-0.39, 0.29) is 0 Å². The lowest BCUT2D eigenvalue weighted by molar-refractivity contribution is -0.371. The van der Waals surface area contributed by atoms with E-state index >= 15 is 0 Å². The summed E-state index contributed by atoms with van der Waals surface area (Å²) in [5.41, 5.74) is -4.40. The Morgan fingerprint density at radius 3 is 1.62 bits per heavy atom. The number of carbonyl (C=O) groups is 1. The number of esters is 1. The maximum atomic E-state index is 12.4. The van der Waals surface area contributed by atoms with Crippen LogP contribution in [0.5, 0.6) is 0 Å². The molecular formula is C8H10F6O2. The van der Waals surface area contributed by atoms with Gasteiger partial charge in [-0.05, 0) is 0 Å². The predicted octanol–water partition coefficient (Wildman–Crippen LogP) is 3.21. The summed E-state index contributed by atoms with van der Waals surface area (Å²) in [5, 5.41) is 0. The van der Waals surface area contributed by atoms with Crippen LogP contribution >= 0.6 is 0 Å². The van der Waals surface area contributed by atoms with Crippen LogP contribution in [0.15, 0.2) is 0 Å².